The molecule has 0 radical (unpaired) electrons. The SMILES string of the molecule is C#CCn1cnnc1. The van der Waals surface area contributed by atoms with Gasteiger partial charge in [-0.1, -0.05) is 5.92 Å². The fourth-order valence-corrected chi connectivity index (χ4v) is 0.409. The highest BCUT2D eigenvalue weighted by Crippen LogP contribution is 1.77. The number of terminal acetylenes is 1. The number of nitrogens with zero attached hydrogens (tertiary/aromatic N) is 3. The van der Waals surface area contributed by atoms with Crippen molar-refractivity contribution in [2.24, 2.45) is 0 Å². The first kappa shape index (κ1) is 4.85. The minimum atomic E-state index is 0.549. The molecule has 1 aromatic heterocycles. The van der Waals surface area contributed by atoms with E-state index in [1.165, 1.54) is 0 Å². The Hall–Kier alpha value is -1.30. The third kappa shape index (κ3) is 0.850. The highest BCUT2D eigenvalue weighted by atomic mass is 15.2. The van der Waals surface area contributed by atoms with Crippen molar-refractivity contribution >= 4 is 0 Å². The number of hydrogen-bond acceptors (Lipinski definition) is 2. The fourth-order valence-electron chi connectivity index (χ4n) is 0.409. The first-order valence-corrected chi connectivity index (χ1v) is 2.19. The molecule has 0 aliphatic rings. The van der Waals surface area contributed by atoms with E-state index in [1.807, 2.05) is 0 Å². The van der Waals surface area contributed by atoms with Crippen LogP contribution >= 0.6 is 0 Å². The van der Waals surface area contributed by atoms with Crippen LogP contribution < -0.4 is 0 Å². The zero-order valence-electron chi connectivity index (χ0n) is 4.28. The number of hydrogen-bond donors (Lipinski definition) is 0. The van der Waals surface area contributed by atoms with E-state index in [0.29, 0.717) is 6.54 Å². The van der Waals surface area contributed by atoms with Crippen LogP contribution in [0, 0.1) is 12.3 Å². The quantitative estimate of drug-likeness (QED) is 0.469. The van der Waals surface area contributed by atoms with Crippen molar-refractivity contribution in [2.45, 2.75) is 6.54 Å². The molecule has 1 aromatic rings. The third-order valence-electron chi connectivity index (χ3n) is 0.740. The lowest BCUT2D eigenvalue weighted by molar-refractivity contribution is 0.837. The standard InChI is InChI=1S/C5H5N3/c1-2-3-8-4-6-7-5-8/h1,4-5H,3H2. The maximum atomic E-state index is 4.99. The van der Waals surface area contributed by atoms with Crippen LogP contribution in [0.1, 0.15) is 0 Å². The van der Waals surface area contributed by atoms with Crippen LogP contribution in [-0.4, -0.2) is 14.8 Å². The molecule has 0 aliphatic heterocycles. The lowest BCUT2D eigenvalue weighted by atomic mass is 10.7. The van der Waals surface area contributed by atoms with Gasteiger partial charge in [-0.3, -0.25) is 0 Å². The van der Waals surface area contributed by atoms with Crippen LogP contribution in [0.4, 0.5) is 0 Å². The maximum Gasteiger partial charge on any atom is 0.120 e. The largest absolute Gasteiger partial charge is 0.308 e. The van der Waals surface area contributed by atoms with Crippen molar-refractivity contribution in [3.63, 3.8) is 0 Å². The maximum absolute atomic E-state index is 4.99. The summed E-state index contributed by atoms with van der Waals surface area (Å²) in [7, 11) is 0. The second-order valence-corrected chi connectivity index (χ2v) is 1.34. The molecular formula is C5H5N3. The molecule has 8 heavy (non-hydrogen) atoms. The van der Waals surface area contributed by atoms with Gasteiger partial charge in [0.25, 0.3) is 0 Å². The topological polar surface area (TPSA) is 30.7 Å². The summed E-state index contributed by atoms with van der Waals surface area (Å²) in [6.45, 7) is 0.549. The van der Waals surface area contributed by atoms with Crippen molar-refractivity contribution in [3.05, 3.63) is 12.7 Å². The molecule has 0 unspecified atom stereocenters. The van der Waals surface area contributed by atoms with Crippen LogP contribution in [0.15, 0.2) is 12.7 Å². The van der Waals surface area contributed by atoms with Crippen molar-refractivity contribution in [3.8, 4) is 12.3 Å². The third-order valence-corrected chi connectivity index (χ3v) is 0.740. The van der Waals surface area contributed by atoms with E-state index in [0.717, 1.165) is 0 Å². The Morgan fingerprint density at radius 1 is 1.50 bits per heavy atom. The Kier molecular flexibility index (Phi) is 1.29. The van der Waals surface area contributed by atoms with E-state index in [1.54, 1.807) is 17.2 Å². The molecule has 0 aliphatic carbocycles. The molecule has 3 nitrogen and oxygen atoms in total. The van der Waals surface area contributed by atoms with Gasteiger partial charge in [-0.2, -0.15) is 0 Å². The van der Waals surface area contributed by atoms with Crippen LogP contribution in [0.25, 0.3) is 0 Å². The van der Waals surface area contributed by atoms with Gasteiger partial charge in [0.2, 0.25) is 0 Å². The Morgan fingerprint density at radius 2 is 2.12 bits per heavy atom. The first-order valence-electron chi connectivity index (χ1n) is 2.19. The lowest BCUT2D eigenvalue weighted by Crippen LogP contribution is -1.88. The minimum absolute atomic E-state index is 0.549. The molecule has 1 heterocycles. The summed E-state index contributed by atoms with van der Waals surface area (Å²) in [4.78, 5) is 0. The van der Waals surface area contributed by atoms with E-state index >= 15 is 0 Å². The summed E-state index contributed by atoms with van der Waals surface area (Å²) >= 11 is 0. The highest BCUT2D eigenvalue weighted by Gasteiger charge is 1.80. The molecule has 0 bridgehead atoms. The Bertz CT molecular complexity index is 182. The molecular weight excluding hydrogens is 102 g/mol. The number of aromatic nitrogens is 3. The van der Waals surface area contributed by atoms with Crippen LogP contribution in [0.2, 0.25) is 0 Å². The summed E-state index contributed by atoms with van der Waals surface area (Å²) < 4.78 is 1.72. The molecule has 0 N–H and O–H groups in total. The molecule has 3 heteroatoms. The monoisotopic (exact) mass is 107 g/mol. The molecule has 0 saturated heterocycles. The minimum Gasteiger partial charge on any atom is -0.308 e. The van der Waals surface area contributed by atoms with Gasteiger partial charge in [-0.15, -0.1) is 16.6 Å². The van der Waals surface area contributed by atoms with Gasteiger partial charge in [0.15, 0.2) is 0 Å². The first-order chi connectivity index (χ1) is 3.93. The molecule has 0 aromatic carbocycles. The van der Waals surface area contributed by atoms with E-state index in [4.69, 9.17) is 6.42 Å². The van der Waals surface area contributed by atoms with E-state index in [2.05, 4.69) is 16.1 Å². The molecule has 0 atom stereocenters. The zero-order valence-corrected chi connectivity index (χ0v) is 4.28. The predicted molar refractivity (Wildman–Crippen MR) is 28.9 cm³/mol. The Balaban J connectivity index is 2.67. The molecule has 0 fully saturated rings. The van der Waals surface area contributed by atoms with Gasteiger partial charge in [-0.25, -0.2) is 0 Å². The second kappa shape index (κ2) is 2.12. The second-order valence-electron chi connectivity index (χ2n) is 1.34. The van der Waals surface area contributed by atoms with Gasteiger partial charge < -0.3 is 4.57 Å². The molecule has 0 saturated carbocycles. The van der Waals surface area contributed by atoms with Gasteiger partial charge in [0, 0.05) is 0 Å². The summed E-state index contributed by atoms with van der Waals surface area (Å²) in [5.41, 5.74) is 0. The predicted octanol–water partition coefficient (Wildman–Crippen LogP) is -0.0887. The Labute approximate surface area is 47.4 Å². The van der Waals surface area contributed by atoms with E-state index < -0.39 is 0 Å². The van der Waals surface area contributed by atoms with Crippen LogP contribution in [0.3, 0.4) is 0 Å². The van der Waals surface area contributed by atoms with Crippen LogP contribution in [0.5, 0.6) is 0 Å². The zero-order chi connectivity index (χ0) is 5.82. The average Bonchev–Trinajstić information content (AvgIpc) is 2.19. The summed E-state index contributed by atoms with van der Waals surface area (Å²) in [5, 5.41) is 7.12. The smallest absolute Gasteiger partial charge is 0.120 e. The summed E-state index contributed by atoms with van der Waals surface area (Å²) in [6.07, 6.45) is 8.16. The highest BCUT2D eigenvalue weighted by molar-refractivity contribution is 4.84. The van der Waals surface area contributed by atoms with Crippen molar-refractivity contribution in [2.75, 3.05) is 0 Å². The lowest BCUT2D eigenvalue weighted by Gasteiger charge is -1.85. The molecule has 1 rings (SSSR count). The summed E-state index contributed by atoms with van der Waals surface area (Å²) in [5.74, 6) is 2.45. The van der Waals surface area contributed by atoms with Crippen molar-refractivity contribution < 1.29 is 0 Å². The van der Waals surface area contributed by atoms with Crippen molar-refractivity contribution in [1.82, 2.24) is 14.8 Å². The van der Waals surface area contributed by atoms with Crippen LogP contribution in [-0.2, 0) is 6.54 Å². The average molecular weight is 107 g/mol. The van der Waals surface area contributed by atoms with Crippen molar-refractivity contribution in [1.29, 1.82) is 0 Å². The van der Waals surface area contributed by atoms with E-state index in [-0.39, 0.29) is 0 Å². The fraction of sp³-hybridized carbons (Fsp3) is 0.200. The van der Waals surface area contributed by atoms with E-state index in [9.17, 15) is 0 Å². The molecule has 40 valence electrons. The van der Waals surface area contributed by atoms with Gasteiger partial charge in [0.1, 0.15) is 12.7 Å². The molecule has 0 amide bonds. The van der Waals surface area contributed by atoms with Gasteiger partial charge in [-0.05, 0) is 0 Å². The van der Waals surface area contributed by atoms with Gasteiger partial charge >= 0.3 is 0 Å². The number of rotatable bonds is 1. The summed E-state index contributed by atoms with van der Waals surface area (Å²) in [6, 6.07) is 0. The normalized spacial score (nSPS) is 8.38. The van der Waals surface area contributed by atoms with Gasteiger partial charge in [0.05, 0.1) is 6.54 Å². The Morgan fingerprint density at radius 3 is 2.62 bits per heavy atom. The molecule has 0 spiro atoms.